The lowest BCUT2D eigenvalue weighted by Crippen LogP contribution is -2.17. The number of nitrogens with one attached hydrogen (secondary N) is 3. The highest BCUT2D eigenvalue weighted by Gasteiger charge is 2.18. The number of rotatable bonds is 16. The molecule has 42 heavy (non-hydrogen) atoms. The summed E-state index contributed by atoms with van der Waals surface area (Å²) in [7, 11) is -1.54. The number of likely N-dealkylation sites (N-methyl/N-ethyl adjacent to an activating group) is 1. The van der Waals surface area contributed by atoms with Crippen molar-refractivity contribution in [2.75, 3.05) is 42.3 Å². The normalized spacial score (nSPS) is 14.8. The molecular weight excluding hydrogens is 599 g/mol. The number of carbonyl (C=O) groups excluding carboxylic acids is 2. The molecule has 12 nitrogen and oxygen atoms in total. The minimum Gasteiger partial charge on any atom is -0.493 e. The highest BCUT2D eigenvalue weighted by atomic mass is 32.2. The van der Waals surface area contributed by atoms with E-state index in [1.165, 1.54) is 0 Å². The minimum atomic E-state index is -3.40. The van der Waals surface area contributed by atoms with Gasteiger partial charge in [0.05, 0.1) is 17.9 Å². The van der Waals surface area contributed by atoms with Crippen LogP contribution in [0.1, 0.15) is 28.4 Å². The van der Waals surface area contributed by atoms with E-state index in [1.54, 1.807) is 0 Å². The lowest BCUT2D eigenvalue weighted by Gasteiger charge is -2.16. The molecule has 2 amide bonds. The van der Waals surface area contributed by atoms with Crippen LogP contribution in [0.4, 0.5) is 10.3 Å². The number of aromatic nitrogens is 4. The van der Waals surface area contributed by atoms with E-state index in [2.05, 4.69) is 36.3 Å². The van der Waals surface area contributed by atoms with Crippen LogP contribution in [0, 0.1) is 5.92 Å². The smallest absolute Gasteiger partial charge is 0.230 e. The molecule has 0 radical (unpaired) electrons. The molecule has 0 bridgehead atoms. The predicted molar refractivity (Wildman–Crippen MR) is 163 cm³/mol. The number of nitrogens with zero attached hydrogens (tertiary/aromatic N) is 4. The van der Waals surface area contributed by atoms with E-state index < -0.39 is 9.84 Å². The Morgan fingerprint density at radius 1 is 0.952 bits per heavy atom. The van der Waals surface area contributed by atoms with E-state index in [0.717, 1.165) is 40.5 Å². The predicted octanol–water partition coefficient (Wildman–Crippen LogP) is 2.80. The number of ether oxygens (including phenoxy) is 1. The van der Waals surface area contributed by atoms with Gasteiger partial charge in [-0.3, -0.25) is 9.59 Å². The van der Waals surface area contributed by atoms with Crippen molar-refractivity contribution in [3.63, 3.8) is 0 Å². The molecule has 3 aromatic rings. The highest BCUT2D eigenvalue weighted by molar-refractivity contribution is 7.91. The Bertz CT molecular complexity index is 1500. The van der Waals surface area contributed by atoms with Crippen molar-refractivity contribution in [3.8, 4) is 0 Å². The van der Waals surface area contributed by atoms with Crippen LogP contribution in [0.15, 0.2) is 54.3 Å². The SMILES string of the molecule is CNCCOC1=CCC(CC(=O)Nc2nnc(CCS(=O)(=O)CCc3nnc(NC(=O)Cc4ccccc4)s3)s2)C=C1. The van der Waals surface area contributed by atoms with Crippen molar-refractivity contribution >= 4 is 54.6 Å². The monoisotopic (exact) mass is 631 g/mol. The van der Waals surface area contributed by atoms with Gasteiger partial charge in [0, 0.05) is 25.8 Å². The summed E-state index contributed by atoms with van der Waals surface area (Å²) < 4.78 is 30.9. The number of carbonyl (C=O) groups is 2. The molecule has 2 aromatic heterocycles. The summed E-state index contributed by atoms with van der Waals surface area (Å²) in [6, 6.07) is 9.33. The third-order valence-electron chi connectivity index (χ3n) is 6.11. The lowest BCUT2D eigenvalue weighted by molar-refractivity contribution is -0.117. The van der Waals surface area contributed by atoms with Crippen LogP contribution in [0.2, 0.25) is 0 Å². The Kier molecular flexibility index (Phi) is 11.7. The van der Waals surface area contributed by atoms with E-state index >= 15 is 0 Å². The molecule has 4 rings (SSSR count). The van der Waals surface area contributed by atoms with Crippen LogP contribution in [-0.2, 0) is 43.4 Å². The third kappa shape index (κ3) is 10.7. The first-order valence-electron chi connectivity index (χ1n) is 13.4. The Labute approximate surface area is 252 Å². The molecule has 224 valence electrons. The standard InChI is InChI=1S/C27H33N7O5S3/c1-28-13-14-39-21-9-7-20(8-10-21)18-23(36)30-27-34-32-25(41-27)12-16-42(37,38)15-11-24-31-33-26(40-24)29-22(35)17-19-5-3-2-4-6-19/h2-7,9-10,20,28H,8,11-18H2,1H3,(H,29,33,35)(H,30,34,36). The molecule has 0 saturated heterocycles. The average Bonchev–Trinajstić information content (AvgIpc) is 3.61. The molecule has 2 heterocycles. The van der Waals surface area contributed by atoms with Crippen LogP contribution in [0.3, 0.4) is 0 Å². The van der Waals surface area contributed by atoms with Gasteiger partial charge in [-0.1, -0.05) is 59.1 Å². The van der Waals surface area contributed by atoms with Crippen molar-refractivity contribution in [1.82, 2.24) is 25.7 Å². The van der Waals surface area contributed by atoms with E-state index in [1.807, 2.05) is 55.6 Å². The number of aryl methyl sites for hydroxylation is 2. The summed E-state index contributed by atoms with van der Waals surface area (Å²) in [5, 5.41) is 26.2. The second kappa shape index (κ2) is 15.6. The van der Waals surface area contributed by atoms with Crippen LogP contribution < -0.4 is 16.0 Å². The maximum absolute atomic E-state index is 12.6. The van der Waals surface area contributed by atoms with Crippen molar-refractivity contribution < 1.29 is 22.7 Å². The maximum atomic E-state index is 12.6. The summed E-state index contributed by atoms with van der Waals surface area (Å²) in [6.45, 7) is 1.34. The van der Waals surface area contributed by atoms with Gasteiger partial charge in [-0.15, -0.1) is 20.4 Å². The van der Waals surface area contributed by atoms with Crippen LogP contribution in [0.25, 0.3) is 0 Å². The Hall–Kier alpha value is -3.53. The first kappa shape index (κ1) is 31.4. The zero-order valence-electron chi connectivity index (χ0n) is 23.1. The minimum absolute atomic E-state index is 0.0638. The largest absolute Gasteiger partial charge is 0.493 e. The van der Waals surface area contributed by atoms with Gasteiger partial charge in [-0.25, -0.2) is 8.42 Å². The first-order chi connectivity index (χ1) is 20.3. The van der Waals surface area contributed by atoms with Crippen molar-refractivity contribution in [1.29, 1.82) is 0 Å². The molecular formula is C27H33N7O5S3. The van der Waals surface area contributed by atoms with Gasteiger partial charge in [0.15, 0.2) is 9.84 Å². The molecule has 1 atom stereocenters. The summed E-state index contributed by atoms with van der Waals surface area (Å²) in [4.78, 5) is 24.7. The molecule has 1 aliphatic rings. The van der Waals surface area contributed by atoms with Crippen molar-refractivity contribution in [2.24, 2.45) is 5.92 Å². The number of hydrogen-bond donors (Lipinski definition) is 3. The molecule has 0 fully saturated rings. The fourth-order valence-electron chi connectivity index (χ4n) is 3.93. The zero-order valence-corrected chi connectivity index (χ0v) is 25.6. The van der Waals surface area contributed by atoms with E-state index in [9.17, 15) is 18.0 Å². The van der Waals surface area contributed by atoms with Crippen LogP contribution in [-0.4, -0.2) is 72.3 Å². The second-order valence-electron chi connectivity index (χ2n) is 9.53. The van der Waals surface area contributed by atoms with Gasteiger partial charge in [0.25, 0.3) is 0 Å². The topological polar surface area (TPSA) is 165 Å². The van der Waals surface area contributed by atoms with Gasteiger partial charge < -0.3 is 20.7 Å². The molecule has 1 aromatic carbocycles. The van der Waals surface area contributed by atoms with Crippen LogP contribution >= 0.6 is 22.7 Å². The third-order valence-corrected chi connectivity index (χ3v) is 9.56. The second-order valence-corrected chi connectivity index (χ2v) is 14.0. The summed E-state index contributed by atoms with van der Waals surface area (Å²) in [6.07, 6.45) is 7.44. The summed E-state index contributed by atoms with van der Waals surface area (Å²) >= 11 is 2.32. The Morgan fingerprint density at radius 2 is 1.60 bits per heavy atom. The average molecular weight is 632 g/mol. The Balaban J connectivity index is 1.15. The number of hydrogen-bond acceptors (Lipinski definition) is 12. The van der Waals surface area contributed by atoms with E-state index in [4.69, 9.17) is 4.74 Å². The fourth-order valence-corrected chi connectivity index (χ4v) is 6.91. The zero-order chi connectivity index (χ0) is 29.8. The summed E-state index contributed by atoms with van der Waals surface area (Å²) in [5.74, 6) is 0.267. The molecule has 0 spiro atoms. The van der Waals surface area contributed by atoms with Crippen molar-refractivity contribution in [3.05, 3.63) is 69.9 Å². The first-order valence-corrected chi connectivity index (χ1v) is 16.9. The van der Waals surface area contributed by atoms with E-state index in [0.29, 0.717) is 39.7 Å². The van der Waals surface area contributed by atoms with Crippen molar-refractivity contribution in [2.45, 2.75) is 32.1 Å². The molecule has 0 saturated carbocycles. The number of sulfone groups is 1. The number of amides is 2. The Morgan fingerprint density at radius 3 is 2.19 bits per heavy atom. The quantitative estimate of drug-likeness (QED) is 0.200. The molecule has 0 aliphatic heterocycles. The molecule has 1 aliphatic carbocycles. The fraction of sp³-hybridized carbons (Fsp3) is 0.407. The lowest BCUT2D eigenvalue weighted by atomic mass is 9.96. The van der Waals surface area contributed by atoms with Gasteiger partial charge >= 0.3 is 0 Å². The van der Waals surface area contributed by atoms with Crippen LogP contribution in [0.5, 0.6) is 0 Å². The number of benzene rings is 1. The molecule has 3 N–H and O–H groups in total. The van der Waals surface area contributed by atoms with Gasteiger partial charge in [-0.05, 0) is 37.1 Å². The molecule has 1 unspecified atom stereocenters. The maximum Gasteiger partial charge on any atom is 0.230 e. The van der Waals surface area contributed by atoms with E-state index in [-0.39, 0.29) is 48.5 Å². The van der Waals surface area contributed by atoms with Gasteiger partial charge in [0.1, 0.15) is 22.4 Å². The van der Waals surface area contributed by atoms with Gasteiger partial charge in [0.2, 0.25) is 22.1 Å². The number of allylic oxidation sites excluding steroid dienone is 3. The molecule has 15 heteroatoms. The summed E-state index contributed by atoms with van der Waals surface area (Å²) in [5.41, 5.74) is 0.881. The highest BCUT2D eigenvalue weighted by Crippen LogP contribution is 2.22. The number of anilines is 2. The van der Waals surface area contributed by atoms with Gasteiger partial charge in [-0.2, -0.15) is 0 Å².